The van der Waals surface area contributed by atoms with Gasteiger partial charge in [0.25, 0.3) is 0 Å². The highest BCUT2D eigenvalue weighted by molar-refractivity contribution is 7.81. The van der Waals surface area contributed by atoms with Crippen molar-refractivity contribution in [3.8, 4) is 11.3 Å². The van der Waals surface area contributed by atoms with Gasteiger partial charge in [0, 0.05) is 21.8 Å². The van der Waals surface area contributed by atoms with Crippen LogP contribution < -0.4 is 0 Å². The molecule has 0 N–H and O–H groups in total. The second kappa shape index (κ2) is 7.04. The molecule has 5 heteroatoms. The van der Waals surface area contributed by atoms with Crippen LogP contribution in [0.25, 0.3) is 11.3 Å². The summed E-state index contributed by atoms with van der Waals surface area (Å²) < 4.78 is 27.0. The van der Waals surface area contributed by atoms with Crippen LogP contribution in [0.1, 0.15) is 44.8 Å². The van der Waals surface area contributed by atoms with Gasteiger partial charge in [0.2, 0.25) is 0 Å². The van der Waals surface area contributed by atoms with Crippen LogP contribution in [-0.4, -0.2) is 9.97 Å². The van der Waals surface area contributed by atoms with Gasteiger partial charge in [-0.25, -0.2) is 8.78 Å². The van der Waals surface area contributed by atoms with Gasteiger partial charge in [-0.1, -0.05) is 12.1 Å². The van der Waals surface area contributed by atoms with E-state index in [4.69, 9.17) is 4.98 Å². The average molecular weight is 384 g/mol. The molecule has 27 heavy (non-hydrogen) atoms. The first kappa shape index (κ1) is 19.5. The smallest absolute Gasteiger partial charge is 0.135 e. The molecule has 2 aromatic heterocycles. The van der Waals surface area contributed by atoms with E-state index in [1.54, 1.807) is 6.07 Å². The van der Waals surface area contributed by atoms with E-state index in [0.29, 0.717) is 5.69 Å². The first-order chi connectivity index (χ1) is 12.6. The summed E-state index contributed by atoms with van der Waals surface area (Å²) in [6.07, 6.45) is 0. The van der Waals surface area contributed by atoms with Gasteiger partial charge in [-0.05, 0) is 64.1 Å². The maximum absolute atomic E-state index is 14.2. The number of hydrogen-bond acceptors (Lipinski definition) is 3. The van der Waals surface area contributed by atoms with Gasteiger partial charge < -0.3 is 0 Å². The Morgan fingerprint density at radius 1 is 0.778 bits per heavy atom. The molecule has 0 fully saturated rings. The lowest BCUT2D eigenvalue weighted by Crippen LogP contribution is -2.24. The van der Waals surface area contributed by atoms with Gasteiger partial charge in [-0.3, -0.25) is 9.97 Å². The zero-order valence-electron chi connectivity index (χ0n) is 15.8. The fourth-order valence-corrected chi connectivity index (χ4v) is 3.01. The molecule has 0 bridgehead atoms. The molecule has 0 aliphatic rings. The van der Waals surface area contributed by atoms with Crippen molar-refractivity contribution >= 4 is 12.6 Å². The molecule has 2 heterocycles. The topological polar surface area (TPSA) is 25.8 Å². The van der Waals surface area contributed by atoms with Crippen molar-refractivity contribution in [3.63, 3.8) is 0 Å². The number of aromatic nitrogens is 2. The molecule has 0 spiro atoms. The van der Waals surface area contributed by atoms with Crippen molar-refractivity contribution in [2.24, 2.45) is 0 Å². The van der Waals surface area contributed by atoms with Crippen molar-refractivity contribution in [1.82, 2.24) is 9.97 Å². The van der Waals surface area contributed by atoms with Gasteiger partial charge >= 0.3 is 0 Å². The summed E-state index contributed by atoms with van der Waals surface area (Å²) in [5.41, 5.74) is 2.71. The van der Waals surface area contributed by atoms with Gasteiger partial charge in [0.15, 0.2) is 0 Å². The highest BCUT2D eigenvalue weighted by atomic mass is 32.1. The van der Waals surface area contributed by atoms with Crippen LogP contribution in [0.5, 0.6) is 0 Å². The minimum Gasteiger partial charge on any atom is -0.255 e. The summed E-state index contributed by atoms with van der Waals surface area (Å²) in [6.45, 7) is 8.03. The number of halogens is 2. The zero-order valence-corrected chi connectivity index (χ0v) is 16.7. The second-order valence-corrected chi connectivity index (χ2v) is 8.74. The number of rotatable bonds is 4. The number of nitrogens with zero attached hydrogens (tertiary/aromatic N) is 2. The third kappa shape index (κ3) is 4.03. The first-order valence-corrected chi connectivity index (χ1v) is 9.17. The van der Waals surface area contributed by atoms with E-state index in [2.05, 4.69) is 17.6 Å². The summed E-state index contributed by atoms with van der Waals surface area (Å²) >= 11 is 4.61. The molecule has 0 saturated heterocycles. The van der Waals surface area contributed by atoms with E-state index in [0.717, 1.165) is 23.1 Å². The van der Waals surface area contributed by atoms with Crippen LogP contribution in [0.2, 0.25) is 0 Å². The van der Waals surface area contributed by atoms with Crippen LogP contribution in [-0.2, 0) is 10.2 Å². The molecular formula is C22H22F2N2S. The van der Waals surface area contributed by atoms with Crippen LogP contribution in [0, 0.1) is 11.6 Å². The fourth-order valence-electron chi connectivity index (χ4n) is 2.88. The molecule has 0 saturated carbocycles. The van der Waals surface area contributed by atoms with Crippen molar-refractivity contribution in [2.45, 2.75) is 37.9 Å². The molecule has 0 atom stereocenters. The molecule has 1 aromatic carbocycles. The standard InChI is InChI=1S/C22H22F2N2S/c1-21(2,19-9-6-10-20(26-19)22(3,4)27)18-8-5-7-17(25-18)15-12-11-14(23)13-16(15)24/h5-13,27H,1-4H3. The maximum atomic E-state index is 14.2. The number of hydrogen-bond donors (Lipinski definition) is 1. The molecule has 0 aliphatic heterocycles. The quantitative estimate of drug-likeness (QED) is 0.566. The molecule has 0 radical (unpaired) electrons. The minimum absolute atomic E-state index is 0.271. The van der Waals surface area contributed by atoms with E-state index in [9.17, 15) is 8.78 Å². The van der Waals surface area contributed by atoms with Crippen LogP contribution >= 0.6 is 12.6 Å². The average Bonchev–Trinajstić information content (AvgIpc) is 2.61. The Bertz CT molecular complexity index is 978. The molecule has 2 nitrogen and oxygen atoms in total. The Morgan fingerprint density at radius 3 is 2.00 bits per heavy atom. The highest BCUT2D eigenvalue weighted by Gasteiger charge is 2.28. The third-order valence-electron chi connectivity index (χ3n) is 4.61. The van der Waals surface area contributed by atoms with E-state index in [1.807, 2.05) is 58.0 Å². The van der Waals surface area contributed by atoms with E-state index in [1.165, 1.54) is 12.1 Å². The molecule has 0 unspecified atom stereocenters. The van der Waals surface area contributed by atoms with E-state index >= 15 is 0 Å². The molecule has 3 aromatic rings. The predicted octanol–water partition coefficient (Wildman–Crippen LogP) is 5.91. The van der Waals surface area contributed by atoms with Crippen molar-refractivity contribution < 1.29 is 8.78 Å². The van der Waals surface area contributed by atoms with Crippen molar-refractivity contribution in [2.75, 3.05) is 0 Å². The maximum Gasteiger partial charge on any atom is 0.135 e. The fraction of sp³-hybridized carbons (Fsp3) is 0.273. The SMILES string of the molecule is CC(C)(S)c1cccc(C(C)(C)c2cccc(-c3ccc(F)cc3F)n2)n1. The minimum atomic E-state index is -0.630. The van der Waals surface area contributed by atoms with Crippen LogP contribution in [0.4, 0.5) is 8.78 Å². The lowest BCUT2D eigenvalue weighted by molar-refractivity contribution is 0.580. The van der Waals surface area contributed by atoms with Gasteiger partial charge in [0.05, 0.1) is 22.8 Å². The monoisotopic (exact) mass is 384 g/mol. The number of thiol groups is 1. The summed E-state index contributed by atoms with van der Waals surface area (Å²) in [4.78, 5) is 9.44. The Hall–Kier alpha value is -2.27. The molecule has 0 amide bonds. The lowest BCUT2D eigenvalue weighted by atomic mass is 9.84. The Balaban J connectivity index is 2.06. The Labute approximate surface area is 164 Å². The zero-order chi connectivity index (χ0) is 19.8. The highest BCUT2D eigenvalue weighted by Crippen LogP contribution is 2.33. The molecular weight excluding hydrogens is 362 g/mol. The van der Waals surface area contributed by atoms with Gasteiger partial charge in [-0.2, -0.15) is 12.6 Å². The van der Waals surface area contributed by atoms with Crippen LogP contribution in [0.3, 0.4) is 0 Å². The van der Waals surface area contributed by atoms with Crippen LogP contribution in [0.15, 0.2) is 54.6 Å². The number of benzene rings is 1. The normalized spacial score (nSPS) is 12.3. The lowest BCUT2D eigenvalue weighted by Gasteiger charge is -2.26. The third-order valence-corrected chi connectivity index (χ3v) is 4.84. The largest absolute Gasteiger partial charge is 0.255 e. The first-order valence-electron chi connectivity index (χ1n) is 8.72. The molecule has 140 valence electrons. The Morgan fingerprint density at radius 2 is 1.37 bits per heavy atom. The van der Waals surface area contributed by atoms with Gasteiger partial charge in [-0.15, -0.1) is 0 Å². The number of pyridine rings is 2. The summed E-state index contributed by atoms with van der Waals surface area (Å²) in [5.74, 6) is -1.24. The molecule has 0 aliphatic carbocycles. The van der Waals surface area contributed by atoms with Crippen molar-refractivity contribution in [1.29, 1.82) is 0 Å². The van der Waals surface area contributed by atoms with E-state index < -0.39 is 17.0 Å². The van der Waals surface area contributed by atoms with Gasteiger partial charge in [0.1, 0.15) is 11.6 Å². The van der Waals surface area contributed by atoms with E-state index in [-0.39, 0.29) is 10.3 Å². The predicted molar refractivity (Wildman–Crippen MR) is 108 cm³/mol. The summed E-state index contributed by atoms with van der Waals surface area (Å²) in [5, 5.41) is 0. The Kier molecular flexibility index (Phi) is 5.08. The summed E-state index contributed by atoms with van der Waals surface area (Å²) in [7, 11) is 0. The second-order valence-electron chi connectivity index (χ2n) is 7.62. The molecule has 3 rings (SSSR count). The summed E-state index contributed by atoms with van der Waals surface area (Å²) in [6, 6.07) is 14.8. The van der Waals surface area contributed by atoms with Crippen molar-refractivity contribution in [3.05, 3.63) is 83.3 Å².